The van der Waals surface area contributed by atoms with Crippen LogP contribution in [0.25, 0.3) is 0 Å². The summed E-state index contributed by atoms with van der Waals surface area (Å²) in [6, 6.07) is -0.405. The van der Waals surface area contributed by atoms with Gasteiger partial charge >= 0.3 is 18.1 Å². The van der Waals surface area contributed by atoms with Crippen molar-refractivity contribution in [1.29, 1.82) is 0 Å². The highest BCUT2D eigenvalue weighted by Gasteiger charge is 2.38. The van der Waals surface area contributed by atoms with Crippen molar-refractivity contribution in [3.63, 3.8) is 0 Å². The lowest BCUT2D eigenvalue weighted by molar-refractivity contribution is -0.192. The highest BCUT2D eigenvalue weighted by atomic mass is 19.4. The number of esters is 1. The van der Waals surface area contributed by atoms with E-state index in [0.717, 1.165) is 0 Å². The molecule has 9 heteroatoms. The summed E-state index contributed by atoms with van der Waals surface area (Å²) >= 11 is 0. The normalized spacial score (nSPS) is 19.3. The first kappa shape index (κ1) is 15.4. The minimum Gasteiger partial charge on any atom is -0.475 e. The first-order valence-electron chi connectivity index (χ1n) is 4.31. The van der Waals surface area contributed by atoms with E-state index in [-0.39, 0.29) is 18.2 Å². The van der Waals surface area contributed by atoms with Crippen LogP contribution >= 0.6 is 0 Å². The first-order chi connectivity index (χ1) is 7.68. The molecule has 0 aromatic rings. The van der Waals surface area contributed by atoms with Gasteiger partial charge in [0.2, 0.25) is 0 Å². The lowest BCUT2D eigenvalue weighted by Crippen LogP contribution is -2.31. The number of halogens is 3. The average molecular weight is 257 g/mol. The topological polar surface area (TPSA) is 92.7 Å². The molecule has 17 heavy (non-hydrogen) atoms. The maximum absolute atomic E-state index is 10.7. The second kappa shape index (κ2) is 6.18. The van der Waals surface area contributed by atoms with Crippen molar-refractivity contribution in [2.75, 3.05) is 13.7 Å². The van der Waals surface area contributed by atoms with Crippen LogP contribution in [-0.2, 0) is 19.1 Å². The van der Waals surface area contributed by atoms with Gasteiger partial charge in [-0.1, -0.05) is 0 Å². The Morgan fingerprint density at radius 3 is 2.18 bits per heavy atom. The molecule has 1 heterocycles. The number of ether oxygens (including phenoxy) is 1. The van der Waals surface area contributed by atoms with E-state index < -0.39 is 18.2 Å². The number of rotatable bonds is 1. The zero-order valence-electron chi connectivity index (χ0n) is 8.71. The lowest BCUT2D eigenvalue weighted by Gasteiger charge is -2.03. The number of hydrogen-bond donors (Lipinski definition) is 2. The van der Waals surface area contributed by atoms with Crippen molar-refractivity contribution < 1.29 is 37.4 Å². The fourth-order valence-corrected chi connectivity index (χ4v) is 0.918. The van der Waals surface area contributed by atoms with E-state index in [1.54, 1.807) is 0 Å². The maximum atomic E-state index is 10.7. The van der Waals surface area contributed by atoms with Gasteiger partial charge in [0.25, 0.3) is 0 Å². The van der Waals surface area contributed by atoms with Crippen molar-refractivity contribution in [3.05, 3.63) is 0 Å². The predicted octanol–water partition coefficient (Wildman–Crippen LogP) is -0.276. The van der Waals surface area contributed by atoms with E-state index in [9.17, 15) is 22.8 Å². The van der Waals surface area contributed by atoms with Crippen molar-refractivity contribution in [2.24, 2.45) is 0 Å². The molecule has 0 aliphatic carbocycles. The number of Topliss-reactive ketones (excluding diaryl/α,β-unsaturated/α-hetero) is 1. The number of ketones is 1. The highest BCUT2D eigenvalue weighted by molar-refractivity contribution is 5.91. The molecule has 0 radical (unpaired) electrons. The van der Waals surface area contributed by atoms with Crippen LogP contribution in [0.2, 0.25) is 0 Å². The Labute approximate surface area is 93.7 Å². The first-order valence-corrected chi connectivity index (χ1v) is 4.31. The monoisotopic (exact) mass is 257 g/mol. The number of carbonyl (C=O) groups is 3. The summed E-state index contributed by atoms with van der Waals surface area (Å²) in [7, 11) is 1.31. The Balaban J connectivity index is 0.000000325. The molecule has 1 aliphatic rings. The summed E-state index contributed by atoms with van der Waals surface area (Å²) < 4.78 is 36.2. The molecule has 1 atom stereocenters. The summed E-state index contributed by atoms with van der Waals surface area (Å²) in [6.45, 7) is 0.291. The zero-order chi connectivity index (χ0) is 13.6. The molecule has 0 bridgehead atoms. The Morgan fingerprint density at radius 2 is 1.94 bits per heavy atom. The molecule has 6 nitrogen and oxygen atoms in total. The summed E-state index contributed by atoms with van der Waals surface area (Å²) in [5.41, 5.74) is 0. The van der Waals surface area contributed by atoms with Crippen LogP contribution in [0, 0.1) is 0 Å². The number of carboxylic acid groups (broad SMARTS) is 1. The molecule has 98 valence electrons. The van der Waals surface area contributed by atoms with Crippen molar-refractivity contribution in [1.82, 2.24) is 5.32 Å². The van der Waals surface area contributed by atoms with Gasteiger partial charge in [0.1, 0.15) is 11.8 Å². The number of methoxy groups -OCH3 is 1. The smallest absolute Gasteiger partial charge is 0.475 e. The van der Waals surface area contributed by atoms with E-state index in [0.29, 0.717) is 6.54 Å². The molecular formula is C8H10F3NO5. The van der Waals surface area contributed by atoms with Crippen molar-refractivity contribution >= 4 is 17.7 Å². The third-order valence-electron chi connectivity index (χ3n) is 1.71. The number of carbonyl (C=O) groups excluding carboxylic acids is 2. The Hall–Kier alpha value is -1.64. The second-order valence-corrected chi connectivity index (χ2v) is 3.00. The zero-order valence-corrected chi connectivity index (χ0v) is 8.71. The molecule has 0 unspecified atom stereocenters. The maximum Gasteiger partial charge on any atom is 0.490 e. The van der Waals surface area contributed by atoms with Crippen LogP contribution < -0.4 is 5.32 Å². The quantitative estimate of drug-likeness (QED) is 0.628. The molecule has 1 fully saturated rings. The summed E-state index contributed by atoms with van der Waals surface area (Å²) in [5.74, 6) is -3.05. The number of hydrogen-bond acceptors (Lipinski definition) is 5. The minimum atomic E-state index is -5.08. The number of alkyl halides is 3. The average Bonchev–Trinajstić information content (AvgIpc) is 2.63. The van der Waals surface area contributed by atoms with Crippen molar-refractivity contribution in [2.45, 2.75) is 18.6 Å². The van der Waals surface area contributed by atoms with Crippen LogP contribution in [0.3, 0.4) is 0 Å². The van der Waals surface area contributed by atoms with E-state index in [1.807, 2.05) is 0 Å². The lowest BCUT2D eigenvalue weighted by atomic mass is 10.2. The minimum absolute atomic E-state index is 0.0652. The van der Waals surface area contributed by atoms with Crippen LogP contribution in [0.1, 0.15) is 6.42 Å². The van der Waals surface area contributed by atoms with Crippen LogP contribution in [0.4, 0.5) is 13.2 Å². The largest absolute Gasteiger partial charge is 0.490 e. The van der Waals surface area contributed by atoms with Crippen LogP contribution in [0.5, 0.6) is 0 Å². The fourth-order valence-electron chi connectivity index (χ4n) is 0.918. The van der Waals surface area contributed by atoms with E-state index in [1.165, 1.54) is 7.11 Å². The van der Waals surface area contributed by atoms with Gasteiger partial charge in [0.05, 0.1) is 13.7 Å². The number of nitrogens with one attached hydrogen (secondary N) is 1. The Kier molecular flexibility index (Phi) is 5.59. The molecule has 0 aromatic heterocycles. The predicted molar refractivity (Wildman–Crippen MR) is 47.1 cm³/mol. The van der Waals surface area contributed by atoms with Gasteiger partial charge in [-0.25, -0.2) is 4.79 Å². The molecule has 0 saturated carbocycles. The van der Waals surface area contributed by atoms with E-state index in [4.69, 9.17) is 9.90 Å². The fraction of sp³-hybridized carbons (Fsp3) is 0.625. The Morgan fingerprint density at radius 1 is 1.47 bits per heavy atom. The molecule has 0 spiro atoms. The highest BCUT2D eigenvalue weighted by Crippen LogP contribution is 2.13. The van der Waals surface area contributed by atoms with E-state index >= 15 is 0 Å². The van der Waals surface area contributed by atoms with Gasteiger partial charge in [-0.2, -0.15) is 13.2 Å². The van der Waals surface area contributed by atoms with Gasteiger partial charge in [-0.15, -0.1) is 0 Å². The summed E-state index contributed by atoms with van der Waals surface area (Å²) in [5, 5.41) is 9.86. The second-order valence-electron chi connectivity index (χ2n) is 3.00. The summed E-state index contributed by atoms with van der Waals surface area (Å²) in [6.07, 6.45) is -4.81. The van der Waals surface area contributed by atoms with Gasteiger partial charge in [0.15, 0.2) is 0 Å². The van der Waals surface area contributed by atoms with Gasteiger partial charge in [-0.3, -0.25) is 14.9 Å². The number of aliphatic carboxylic acids is 1. The molecular weight excluding hydrogens is 247 g/mol. The van der Waals surface area contributed by atoms with Crippen LogP contribution in [0.15, 0.2) is 0 Å². The molecule has 2 N–H and O–H groups in total. The Bertz CT molecular complexity index is 315. The van der Waals surface area contributed by atoms with Gasteiger partial charge < -0.3 is 9.84 Å². The van der Waals surface area contributed by atoms with Crippen LogP contribution in [-0.4, -0.2) is 48.7 Å². The molecule has 1 rings (SSSR count). The molecule has 0 aromatic carbocycles. The number of carboxylic acids is 1. The molecule has 0 amide bonds. The SMILES string of the molecule is COC(=O)[C@@H]1CC(=O)CN1.O=C(O)C(F)(F)F. The van der Waals surface area contributed by atoms with Gasteiger partial charge in [0, 0.05) is 6.42 Å². The van der Waals surface area contributed by atoms with Gasteiger partial charge in [-0.05, 0) is 0 Å². The molecule has 1 aliphatic heterocycles. The standard InChI is InChI=1S/C6H9NO3.C2HF3O2/c1-10-6(9)5-2-4(8)3-7-5;3-2(4,5)1(6)7/h5,7H,2-3H2,1H3;(H,6,7)/t5-;/m0./s1. The van der Waals surface area contributed by atoms with E-state index in [2.05, 4.69) is 10.1 Å². The summed E-state index contributed by atoms with van der Waals surface area (Å²) in [4.78, 5) is 30.2. The van der Waals surface area contributed by atoms with Crippen molar-refractivity contribution in [3.8, 4) is 0 Å². The molecule has 1 saturated heterocycles. The third kappa shape index (κ3) is 5.85. The third-order valence-corrected chi connectivity index (χ3v) is 1.71.